The molecule has 1 aromatic rings. The van der Waals surface area contributed by atoms with Crippen LogP contribution in [0, 0.1) is 5.92 Å². The summed E-state index contributed by atoms with van der Waals surface area (Å²) in [5.74, 6) is -0.141. The Balaban J connectivity index is 2.26. The van der Waals surface area contributed by atoms with Gasteiger partial charge in [0.2, 0.25) is 5.91 Å². The lowest BCUT2D eigenvalue weighted by atomic mass is 10.1. The molecule has 0 N–H and O–H groups in total. The second-order valence-electron chi connectivity index (χ2n) is 4.41. The maximum absolute atomic E-state index is 12.3. The van der Waals surface area contributed by atoms with Crippen LogP contribution in [0.1, 0.15) is 30.1 Å². The third kappa shape index (κ3) is 2.59. The van der Waals surface area contributed by atoms with Gasteiger partial charge in [0, 0.05) is 17.4 Å². The van der Waals surface area contributed by atoms with E-state index in [9.17, 15) is 9.59 Å². The first kappa shape index (κ1) is 13.6. The Morgan fingerprint density at radius 2 is 2.28 bits per heavy atom. The van der Waals surface area contributed by atoms with E-state index in [0.29, 0.717) is 23.6 Å². The molecule has 18 heavy (non-hydrogen) atoms. The van der Waals surface area contributed by atoms with Gasteiger partial charge in [-0.2, -0.15) is 0 Å². The highest BCUT2D eigenvalue weighted by Gasteiger charge is 2.34. The van der Waals surface area contributed by atoms with Crippen LogP contribution in [0.5, 0.6) is 0 Å². The molecule has 0 bridgehead atoms. The van der Waals surface area contributed by atoms with Crippen LogP contribution in [0.3, 0.4) is 0 Å². The molecule has 1 fully saturated rings. The number of rotatable bonds is 2. The van der Waals surface area contributed by atoms with E-state index in [2.05, 4.69) is 15.9 Å². The molecule has 96 valence electrons. The number of amides is 2. The van der Waals surface area contributed by atoms with Crippen molar-refractivity contribution in [1.82, 2.24) is 4.90 Å². The van der Waals surface area contributed by atoms with E-state index in [-0.39, 0.29) is 17.7 Å². The van der Waals surface area contributed by atoms with Gasteiger partial charge in [-0.05, 0) is 24.1 Å². The Labute approximate surface area is 119 Å². The zero-order valence-corrected chi connectivity index (χ0v) is 12.3. The van der Waals surface area contributed by atoms with Crippen LogP contribution in [-0.4, -0.2) is 23.3 Å². The summed E-state index contributed by atoms with van der Waals surface area (Å²) in [4.78, 5) is 25.4. The summed E-state index contributed by atoms with van der Waals surface area (Å²) >= 11 is 9.31. The van der Waals surface area contributed by atoms with Gasteiger partial charge in [0.25, 0.3) is 5.91 Å². The predicted molar refractivity (Wildman–Crippen MR) is 73.6 cm³/mol. The van der Waals surface area contributed by atoms with E-state index < -0.39 is 0 Å². The standard InChI is InChI=1S/C13H13BrClNO2/c1-2-8-5-12(17)16(7-8)13(18)10-6-9(14)3-4-11(10)15/h3-4,6,8H,2,5,7H2,1H3. The molecular formula is C13H13BrClNO2. The molecule has 1 unspecified atom stereocenters. The Bertz CT molecular complexity index is 504. The monoisotopic (exact) mass is 329 g/mol. The number of carbonyl (C=O) groups excluding carboxylic acids is 2. The minimum Gasteiger partial charge on any atom is -0.278 e. The molecule has 2 amide bonds. The zero-order valence-electron chi connectivity index (χ0n) is 9.95. The molecule has 0 aliphatic carbocycles. The maximum Gasteiger partial charge on any atom is 0.262 e. The lowest BCUT2D eigenvalue weighted by Gasteiger charge is -2.15. The third-order valence-corrected chi connectivity index (χ3v) is 4.01. The van der Waals surface area contributed by atoms with E-state index in [1.165, 1.54) is 4.90 Å². The maximum atomic E-state index is 12.3. The summed E-state index contributed by atoms with van der Waals surface area (Å²) in [6.07, 6.45) is 1.36. The molecule has 2 rings (SSSR count). The van der Waals surface area contributed by atoms with Crippen LogP contribution < -0.4 is 0 Å². The van der Waals surface area contributed by atoms with Gasteiger partial charge in [-0.3, -0.25) is 14.5 Å². The average Bonchev–Trinajstić information content (AvgIpc) is 2.73. The lowest BCUT2D eigenvalue weighted by Crippen LogP contribution is -2.32. The third-order valence-electron chi connectivity index (χ3n) is 3.19. The molecule has 0 saturated carbocycles. The highest BCUT2D eigenvalue weighted by molar-refractivity contribution is 9.10. The largest absolute Gasteiger partial charge is 0.278 e. The fraction of sp³-hybridized carbons (Fsp3) is 0.385. The minimum atomic E-state index is -0.303. The van der Waals surface area contributed by atoms with Crippen LogP contribution in [0.15, 0.2) is 22.7 Å². The molecule has 1 aromatic carbocycles. The SMILES string of the molecule is CCC1CC(=O)N(C(=O)c2cc(Br)ccc2Cl)C1. The Kier molecular flexibility index (Phi) is 4.07. The van der Waals surface area contributed by atoms with E-state index in [0.717, 1.165) is 10.9 Å². The zero-order chi connectivity index (χ0) is 13.3. The van der Waals surface area contributed by atoms with Crippen LogP contribution >= 0.6 is 27.5 Å². The number of hydrogen-bond donors (Lipinski definition) is 0. The van der Waals surface area contributed by atoms with Gasteiger partial charge >= 0.3 is 0 Å². The lowest BCUT2D eigenvalue weighted by molar-refractivity contribution is -0.125. The average molecular weight is 331 g/mol. The number of carbonyl (C=O) groups is 2. The van der Waals surface area contributed by atoms with Crippen molar-refractivity contribution in [3.05, 3.63) is 33.3 Å². The molecule has 1 atom stereocenters. The van der Waals surface area contributed by atoms with Crippen molar-refractivity contribution in [2.24, 2.45) is 5.92 Å². The smallest absolute Gasteiger partial charge is 0.262 e. The second kappa shape index (κ2) is 5.41. The Morgan fingerprint density at radius 1 is 1.56 bits per heavy atom. The first-order valence-corrected chi connectivity index (χ1v) is 6.99. The van der Waals surface area contributed by atoms with Gasteiger partial charge in [0.15, 0.2) is 0 Å². The van der Waals surface area contributed by atoms with Gasteiger partial charge in [-0.15, -0.1) is 0 Å². The summed E-state index contributed by atoms with van der Waals surface area (Å²) in [6.45, 7) is 2.52. The molecule has 0 radical (unpaired) electrons. The number of benzene rings is 1. The van der Waals surface area contributed by atoms with Crippen molar-refractivity contribution in [3.63, 3.8) is 0 Å². The summed E-state index contributed by atoms with van der Waals surface area (Å²) < 4.78 is 0.772. The van der Waals surface area contributed by atoms with E-state index in [4.69, 9.17) is 11.6 Å². The Hall–Kier alpha value is -0.870. The van der Waals surface area contributed by atoms with Gasteiger partial charge in [-0.1, -0.05) is 40.9 Å². The quantitative estimate of drug-likeness (QED) is 0.778. The number of nitrogens with zero attached hydrogens (tertiary/aromatic N) is 1. The van der Waals surface area contributed by atoms with Gasteiger partial charge in [0.1, 0.15) is 0 Å². The highest BCUT2D eigenvalue weighted by atomic mass is 79.9. The van der Waals surface area contributed by atoms with Gasteiger partial charge < -0.3 is 0 Å². The van der Waals surface area contributed by atoms with Crippen LogP contribution in [0.2, 0.25) is 5.02 Å². The van der Waals surface area contributed by atoms with Crippen LogP contribution in [-0.2, 0) is 4.79 Å². The van der Waals surface area contributed by atoms with Crippen molar-refractivity contribution in [2.45, 2.75) is 19.8 Å². The van der Waals surface area contributed by atoms with Gasteiger partial charge in [0.05, 0.1) is 10.6 Å². The number of hydrogen-bond acceptors (Lipinski definition) is 2. The van der Waals surface area contributed by atoms with Crippen molar-refractivity contribution < 1.29 is 9.59 Å². The predicted octanol–water partition coefficient (Wildman–Crippen LogP) is 3.50. The minimum absolute atomic E-state index is 0.108. The summed E-state index contributed by atoms with van der Waals surface area (Å²) in [6, 6.07) is 5.06. The first-order chi connectivity index (χ1) is 8.52. The van der Waals surface area contributed by atoms with E-state index in [1.807, 2.05) is 6.92 Å². The molecule has 0 aromatic heterocycles. The van der Waals surface area contributed by atoms with Crippen molar-refractivity contribution >= 4 is 39.3 Å². The topological polar surface area (TPSA) is 37.4 Å². The van der Waals surface area contributed by atoms with Crippen molar-refractivity contribution in [1.29, 1.82) is 0 Å². The van der Waals surface area contributed by atoms with Crippen molar-refractivity contribution in [3.8, 4) is 0 Å². The van der Waals surface area contributed by atoms with Gasteiger partial charge in [-0.25, -0.2) is 0 Å². The molecule has 1 saturated heterocycles. The fourth-order valence-electron chi connectivity index (χ4n) is 2.06. The second-order valence-corrected chi connectivity index (χ2v) is 5.73. The molecule has 0 spiro atoms. The normalized spacial score (nSPS) is 19.4. The number of imide groups is 1. The Morgan fingerprint density at radius 3 is 2.89 bits per heavy atom. The number of halogens is 2. The molecule has 1 heterocycles. The van der Waals surface area contributed by atoms with E-state index in [1.54, 1.807) is 18.2 Å². The molecule has 3 nitrogen and oxygen atoms in total. The van der Waals surface area contributed by atoms with Crippen LogP contribution in [0.4, 0.5) is 0 Å². The molecule has 1 aliphatic heterocycles. The van der Waals surface area contributed by atoms with Crippen LogP contribution in [0.25, 0.3) is 0 Å². The van der Waals surface area contributed by atoms with Crippen molar-refractivity contribution in [2.75, 3.05) is 6.54 Å². The van der Waals surface area contributed by atoms with E-state index >= 15 is 0 Å². The summed E-state index contributed by atoms with van der Waals surface area (Å²) in [7, 11) is 0. The molecule has 1 aliphatic rings. The summed E-state index contributed by atoms with van der Waals surface area (Å²) in [5, 5.41) is 0.371. The fourth-order valence-corrected chi connectivity index (χ4v) is 2.62. The molecule has 5 heteroatoms. The number of likely N-dealkylation sites (tertiary alicyclic amines) is 1. The first-order valence-electron chi connectivity index (χ1n) is 5.82. The summed E-state index contributed by atoms with van der Waals surface area (Å²) in [5.41, 5.74) is 0.371. The molecular weight excluding hydrogens is 318 g/mol. The highest BCUT2D eigenvalue weighted by Crippen LogP contribution is 2.26.